The van der Waals surface area contributed by atoms with Gasteiger partial charge in [0, 0.05) is 17.1 Å². The Bertz CT molecular complexity index is 329. The van der Waals surface area contributed by atoms with Crippen LogP contribution in [0, 0.1) is 0 Å². The van der Waals surface area contributed by atoms with E-state index in [0.29, 0.717) is 6.04 Å². The smallest absolute Gasteiger partial charge is 0.0975 e. The molecule has 1 fully saturated rings. The molecule has 2 nitrogen and oxygen atoms in total. The van der Waals surface area contributed by atoms with E-state index >= 15 is 0 Å². The Labute approximate surface area is 99.1 Å². The maximum atomic E-state index is 5.87. The Kier molecular flexibility index (Phi) is 3.78. The van der Waals surface area contributed by atoms with E-state index in [1.54, 1.807) is 0 Å². The summed E-state index contributed by atoms with van der Waals surface area (Å²) in [4.78, 5) is 0. The van der Waals surface area contributed by atoms with Crippen molar-refractivity contribution >= 4 is 15.9 Å². The van der Waals surface area contributed by atoms with Gasteiger partial charge in [-0.3, -0.25) is 0 Å². The summed E-state index contributed by atoms with van der Waals surface area (Å²) < 4.78 is 6.98. The second-order valence-corrected chi connectivity index (χ2v) is 4.86. The van der Waals surface area contributed by atoms with Gasteiger partial charge in [0.05, 0.1) is 6.10 Å². The van der Waals surface area contributed by atoms with Crippen molar-refractivity contribution in [3.05, 3.63) is 34.3 Å². The molecule has 1 aliphatic rings. The van der Waals surface area contributed by atoms with Crippen LogP contribution in [0.25, 0.3) is 0 Å². The minimum absolute atomic E-state index is 0.171. The Balaban J connectivity index is 2.20. The van der Waals surface area contributed by atoms with Gasteiger partial charge in [0.25, 0.3) is 0 Å². The van der Waals surface area contributed by atoms with Crippen molar-refractivity contribution in [1.29, 1.82) is 0 Å². The van der Waals surface area contributed by atoms with Crippen LogP contribution in [0.3, 0.4) is 0 Å². The van der Waals surface area contributed by atoms with E-state index in [2.05, 4.69) is 46.4 Å². The molecule has 2 rings (SSSR count). The van der Waals surface area contributed by atoms with E-state index in [-0.39, 0.29) is 6.10 Å². The molecule has 1 N–H and O–H groups in total. The van der Waals surface area contributed by atoms with Crippen LogP contribution in [0.4, 0.5) is 0 Å². The average molecular weight is 270 g/mol. The molecule has 15 heavy (non-hydrogen) atoms. The number of hydrogen-bond acceptors (Lipinski definition) is 2. The van der Waals surface area contributed by atoms with Crippen LogP contribution >= 0.6 is 15.9 Å². The van der Waals surface area contributed by atoms with Crippen molar-refractivity contribution in [3.63, 3.8) is 0 Å². The lowest BCUT2D eigenvalue weighted by atomic mass is 10.0. The summed E-state index contributed by atoms with van der Waals surface area (Å²) in [5.74, 6) is 0. The van der Waals surface area contributed by atoms with E-state index < -0.39 is 0 Å². The Morgan fingerprint density at radius 2 is 2.33 bits per heavy atom. The summed E-state index contributed by atoms with van der Waals surface area (Å²) in [6.45, 7) is 4.07. The van der Waals surface area contributed by atoms with Crippen molar-refractivity contribution < 1.29 is 4.74 Å². The Morgan fingerprint density at radius 3 is 3.13 bits per heavy atom. The standard InChI is InChI=1S/C12H16BrNO/c1-9-12(15-7-3-6-14-9)10-4-2-5-11(13)8-10/h2,4-5,8-9,12,14H,3,6-7H2,1H3. The van der Waals surface area contributed by atoms with E-state index in [1.165, 1.54) is 5.56 Å². The second-order valence-electron chi connectivity index (χ2n) is 3.94. The normalized spacial score (nSPS) is 27.3. The molecular formula is C12H16BrNO. The van der Waals surface area contributed by atoms with Crippen molar-refractivity contribution in [2.45, 2.75) is 25.5 Å². The number of nitrogens with one attached hydrogen (secondary N) is 1. The zero-order valence-corrected chi connectivity index (χ0v) is 10.5. The third-order valence-electron chi connectivity index (χ3n) is 2.72. The van der Waals surface area contributed by atoms with Crippen LogP contribution in [0.5, 0.6) is 0 Å². The summed E-state index contributed by atoms with van der Waals surface area (Å²) in [5, 5.41) is 3.47. The third-order valence-corrected chi connectivity index (χ3v) is 3.21. The lowest BCUT2D eigenvalue weighted by Crippen LogP contribution is -2.31. The molecule has 1 heterocycles. The largest absolute Gasteiger partial charge is 0.372 e. The van der Waals surface area contributed by atoms with Crippen LogP contribution in [-0.2, 0) is 4.74 Å². The molecule has 0 saturated carbocycles. The second kappa shape index (κ2) is 5.10. The molecule has 82 valence electrons. The van der Waals surface area contributed by atoms with Gasteiger partial charge in [-0.2, -0.15) is 0 Å². The van der Waals surface area contributed by atoms with Crippen LogP contribution in [0.2, 0.25) is 0 Å². The van der Waals surface area contributed by atoms with Crippen LogP contribution in [0.15, 0.2) is 28.7 Å². The highest BCUT2D eigenvalue weighted by molar-refractivity contribution is 9.10. The fourth-order valence-electron chi connectivity index (χ4n) is 1.93. The number of rotatable bonds is 1. The van der Waals surface area contributed by atoms with Crippen LogP contribution in [-0.4, -0.2) is 19.2 Å². The first kappa shape index (κ1) is 11.1. The number of benzene rings is 1. The lowest BCUT2D eigenvalue weighted by Gasteiger charge is -2.22. The van der Waals surface area contributed by atoms with Crippen molar-refractivity contribution in [2.24, 2.45) is 0 Å². The van der Waals surface area contributed by atoms with Crippen molar-refractivity contribution in [3.8, 4) is 0 Å². The molecule has 0 aromatic heterocycles. The Hall–Kier alpha value is -0.380. The molecule has 0 spiro atoms. The monoisotopic (exact) mass is 269 g/mol. The zero-order chi connectivity index (χ0) is 10.7. The van der Waals surface area contributed by atoms with E-state index in [9.17, 15) is 0 Å². The van der Waals surface area contributed by atoms with Crippen LogP contribution in [0.1, 0.15) is 25.0 Å². The molecule has 0 aliphatic carbocycles. The van der Waals surface area contributed by atoms with Gasteiger partial charge in [-0.15, -0.1) is 0 Å². The highest BCUT2D eigenvalue weighted by atomic mass is 79.9. The quantitative estimate of drug-likeness (QED) is 0.847. The minimum atomic E-state index is 0.171. The highest BCUT2D eigenvalue weighted by Gasteiger charge is 2.21. The number of halogens is 1. The number of hydrogen-bond donors (Lipinski definition) is 1. The zero-order valence-electron chi connectivity index (χ0n) is 8.87. The molecule has 2 unspecified atom stereocenters. The molecule has 1 aromatic rings. The minimum Gasteiger partial charge on any atom is -0.372 e. The third kappa shape index (κ3) is 2.80. The summed E-state index contributed by atoms with van der Waals surface area (Å²) in [5.41, 5.74) is 1.24. The summed E-state index contributed by atoms with van der Waals surface area (Å²) >= 11 is 3.49. The molecule has 1 aromatic carbocycles. The van der Waals surface area contributed by atoms with Gasteiger partial charge in [0.2, 0.25) is 0 Å². The molecule has 1 aliphatic heterocycles. The first-order valence-corrected chi connectivity index (χ1v) is 6.17. The van der Waals surface area contributed by atoms with Crippen LogP contribution < -0.4 is 5.32 Å². The molecule has 0 radical (unpaired) electrons. The van der Waals surface area contributed by atoms with Crippen molar-refractivity contribution in [2.75, 3.05) is 13.2 Å². The van der Waals surface area contributed by atoms with Gasteiger partial charge in [0.15, 0.2) is 0 Å². The fraction of sp³-hybridized carbons (Fsp3) is 0.500. The van der Waals surface area contributed by atoms with Gasteiger partial charge in [0.1, 0.15) is 0 Å². The van der Waals surface area contributed by atoms with Crippen molar-refractivity contribution in [1.82, 2.24) is 5.32 Å². The topological polar surface area (TPSA) is 21.3 Å². The van der Waals surface area contributed by atoms with Gasteiger partial charge in [-0.1, -0.05) is 28.1 Å². The van der Waals surface area contributed by atoms with E-state index in [1.807, 2.05) is 6.07 Å². The molecule has 0 amide bonds. The summed E-state index contributed by atoms with van der Waals surface area (Å²) in [7, 11) is 0. The SMILES string of the molecule is CC1NCCCOC1c1cccc(Br)c1. The highest BCUT2D eigenvalue weighted by Crippen LogP contribution is 2.25. The van der Waals surface area contributed by atoms with Gasteiger partial charge in [-0.25, -0.2) is 0 Å². The fourth-order valence-corrected chi connectivity index (χ4v) is 2.35. The molecular weight excluding hydrogens is 254 g/mol. The molecule has 0 bridgehead atoms. The van der Waals surface area contributed by atoms with Gasteiger partial charge < -0.3 is 10.1 Å². The molecule has 2 atom stereocenters. The lowest BCUT2D eigenvalue weighted by molar-refractivity contribution is 0.0461. The molecule has 3 heteroatoms. The Morgan fingerprint density at radius 1 is 1.47 bits per heavy atom. The summed E-state index contributed by atoms with van der Waals surface area (Å²) in [6, 6.07) is 8.73. The predicted octanol–water partition coefficient (Wildman–Crippen LogP) is 2.89. The maximum absolute atomic E-state index is 5.87. The van der Waals surface area contributed by atoms with Gasteiger partial charge in [-0.05, 0) is 37.6 Å². The van der Waals surface area contributed by atoms with Gasteiger partial charge >= 0.3 is 0 Å². The van der Waals surface area contributed by atoms with E-state index in [4.69, 9.17) is 4.74 Å². The summed E-state index contributed by atoms with van der Waals surface area (Å²) in [6.07, 6.45) is 1.26. The maximum Gasteiger partial charge on any atom is 0.0975 e. The number of ether oxygens (including phenoxy) is 1. The predicted molar refractivity (Wildman–Crippen MR) is 64.9 cm³/mol. The first-order chi connectivity index (χ1) is 7.27. The first-order valence-electron chi connectivity index (χ1n) is 5.38. The average Bonchev–Trinajstić information content (AvgIpc) is 2.43. The molecule has 1 saturated heterocycles. The van der Waals surface area contributed by atoms with E-state index in [0.717, 1.165) is 24.0 Å².